The van der Waals surface area contributed by atoms with Crippen molar-refractivity contribution in [3.63, 3.8) is 0 Å². The number of phenols is 1. The summed E-state index contributed by atoms with van der Waals surface area (Å²) in [6.45, 7) is 0. The van der Waals surface area contributed by atoms with Crippen molar-refractivity contribution < 1.29 is 73.7 Å². The summed E-state index contributed by atoms with van der Waals surface area (Å²) in [6.07, 6.45) is 0.437. The van der Waals surface area contributed by atoms with Gasteiger partial charge >= 0.3 is 29.6 Å². The number of benzene rings is 1. The van der Waals surface area contributed by atoms with Crippen molar-refractivity contribution in [3.8, 4) is 5.75 Å². The predicted molar refractivity (Wildman–Crippen MR) is 65.4 cm³/mol. The first-order valence-electron chi connectivity index (χ1n) is 4.41. The van der Waals surface area contributed by atoms with Gasteiger partial charge in [-0.05, 0) is 12.1 Å². The van der Waals surface area contributed by atoms with Crippen LogP contribution in [0, 0.1) is 0 Å². The van der Waals surface area contributed by atoms with Crippen LogP contribution in [0.5, 0.6) is 5.75 Å². The molecular formula is C10H11NaO9S. The van der Waals surface area contributed by atoms with E-state index in [0.717, 1.165) is 0 Å². The second-order valence-electron chi connectivity index (χ2n) is 3.36. The van der Waals surface area contributed by atoms with Gasteiger partial charge in [0.1, 0.15) is 20.8 Å². The SMILES string of the molecule is O.O.O.O=C1C(S(=O)(=O)[O-])=CC(=O)c2c(O)cccc21.[Na+]. The Bertz CT molecular complexity index is 678. The van der Waals surface area contributed by atoms with E-state index >= 15 is 0 Å². The Morgan fingerprint density at radius 2 is 1.57 bits per heavy atom. The number of carbonyl (C=O) groups is 2. The maximum Gasteiger partial charge on any atom is 1.00 e. The zero-order valence-electron chi connectivity index (χ0n) is 10.7. The van der Waals surface area contributed by atoms with Crippen LogP contribution in [-0.2, 0) is 10.1 Å². The Morgan fingerprint density at radius 1 is 1.05 bits per heavy atom. The first kappa shape index (κ1) is 24.9. The largest absolute Gasteiger partial charge is 1.00 e. The van der Waals surface area contributed by atoms with Gasteiger partial charge < -0.3 is 26.1 Å². The van der Waals surface area contributed by atoms with Crippen molar-refractivity contribution in [2.75, 3.05) is 0 Å². The van der Waals surface area contributed by atoms with Gasteiger partial charge in [0, 0.05) is 11.6 Å². The van der Waals surface area contributed by atoms with Crippen LogP contribution in [0.15, 0.2) is 29.2 Å². The van der Waals surface area contributed by atoms with E-state index < -0.39 is 32.3 Å². The molecule has 112 valence electrons. The number of hydrogen-bond acceptors (Lipinski definition) is 6. The van der Waals surface area contributed by atoms with E-state index in [4.69, 9.17) is 0 Å². The van der Waals surface area contributed by atoms with Gasteiger partial charge in [-0.25, -0.2) is 8.42 Å². The van der Waals surface area contributed by atoms with Gasteiger partial charge in [0.25, 0.3) is 0 Å². The molecule has 2 rings (SSSR count). The zero-order chi connectivity index (χ0) is 12.8. The second kappa shape index (κ2) is 8.36. The van der Waals surface area contributed by atoms with Crippen molar-refractivity contribution in [3.05, 3.63) is 40.3 Å². The molecule has 0 spiro atoms. The smallest absolute Gasteiger partial charge is 0.744 e. The van der Waals surface area contributed by atoms with Crippen molar-refractivity contribution in [2.45, 2.75) is 0 Å². The molecule has 0 heterocycles. The molecule has 0 atom stereocenters. The van der Waals surface area contributed by atoms with Gasteiger partial charge in [-0.2, -0.15) is 0 Å². The van der Waals surface area contributed by atoms with E-state index in [0.29, 0.717) is 6.08 Å². The minimum Gasteiger partial charge on any atom is -0.744 e. The normalized spacial score (nSPS) is 12.5. The Kier molecular flexibility index (Phi) is 9.91. The monoisotopic (exact) mass is 330 g/mol. The molecule has 1 aliphatic carbocycles. The summed E-state index contributed by atoms with van der Waals surface area (Å²) in [5.74, 6) is -2.39. The Hall–Kier alpha value is -1.11. The third-order valence-corrected chi connectivity index (χ3v) is 3.13. The number of ketones is 2. The third kappa shape index (κ3) is 4.43. The minimum atomic E-state index is -5.00. The molecule has 11 heteroatoms. The summed E-state index contributed by atoms with van der Waals surface area (Å²) in [4.78, 5) is 22.1. The van der Waals surface area contributed by atoms with E-state index in [1.54, 1.807) is 0 Å². The van der Waals surface area contributed by atoms with Gasteiger partial charge in [0.2, 0.25) is 5.78 Å². The van der Waals surface area contributed by atoms with Crippen LogP contribution in [0.3, 0.4) is 0 Å². The number of aromatic hydroxyl groups is 1. The molecule has 9 nitrogen and oxygen atoms in total. The van der Waals surface area contributed by atoms with Crippen LogP contribution in [-0.4, -0.2) is 46.1 Å². The average molecular weight is 330 g/mol. The molecule has 1 aliphatic rings. The molecule has 0 radical (unpaired) electrons. The first-order chi connectivity index (χ1) is 7.82. The maximum atomic E-state index is 11.7. The van der Waals surface area contributed by atoms with Crippen LogP contribution >= 0.6 is 0 Å². The van der Waals surface area contributed by atoms with Crippen LogP contribution in [0.25, 0.3) is 0 Å². The van der Waals surface area contributed by atoms with Crippen LogP contribution in [0.4, 0.5) is 0 Å². The fourth-order valence-corrected chi connectivity index (χ4v) is 2.15. The quantitative estimate of drug-likeness (QED) is 0.392. The van der Waals surface area contributed by atoms with E-state index in [1.165, 1.54) is 18.2 Å². The van der Waals surface area contributed by atoms with Crippen molar-refractivity contribution >= 4 is 21.7 Å². The number of Topliss-reactive ketones (excluding diaryl/α,β-unsaturated/α-hetero) is 1. The van der Waals surface area contributed by atoms with Crippen molar-refractivity contribution in [1.29, 1.82) is 0 Å². The minimum absolute atomic E-state index is 0. The summed E-state index contributed by atoms with van der Waals surface area (Å²) >= 11 is 0. The van der Waals surface area contributed by atoms with Gasteiger partial charge in [-0.1, -0.05) is 6.07 Å². The number of fused-ring (bicyclic) bond motifs is 1. The first-order valence-corrected chi connectivity index (χ1v) is 5.82. The van der Waals surface area contributed by atoms with Gasteiger partial charge in [-0.3, -0.25) is 9.59 Å². The van der Waals surface area contributed by atoms with Gasteiger partial charge in [0.05, 0.1) is 5.56 Å². The molecule has 0 amide bonds. The number of allylic oxidation sites excluding steroid dienone is 2. The molecule has 1 aromatic carbocycles. The molecule has 0 aromatic heterocycles. The summed E-state index contributed by atoms with van der Waals surface area (Å²) < 4.78 is 32.3. The Labute approximate surface area is 141 Å². The number of rotatable bonds is 1. The molecule has 0 unspecified atom stereocenters. The zero-order valence-corrected chi connectivity index (χ0v) is 13.5. The van der Waals surface area contributed by atoms with Crippen LogP contribution in [0.1, 0.15) is 20.7 Å². The van der Waals surface area contributed by atoms with E-state index in [1.807, 2.05) is 0 Å². The third-order valence-electron chi connectivity index (χ3n) is 2.29. The molecule has 0 bridgehead atoms. The van der Waals surface area contributed by atoms with Gasteiger partial charge in [0.15, 0.2) is 5.78 Å². The molecule has 0 saturated heterocycles. The number of carbonyl (C=O) groups excluding carboxylic acids is 2. The fraction of sp³-hybridized carbons (Fsp3) is 0. The molecule has 0 saturated carbocycles. The number of phenolic OH excluding ortho intramolecular Hbond substituents is 1. The molecule has 0 fully saturated rings. The Balaban J connectivity index is -0.000000810. The van der Waals surface area contributed by atoms with E-state index in [9.17, 15) is 27.7 Å². The summed E-state index contributed by atoms with van der Waals surface area (Å²) in [7, 11) is -5.00. The standard InChI is InChI=1S/C10H6O6S.Na.3H2O/c11-6-3-1-2-5-9(6)7(12)4-8(10(5)13)17(14,15)16;;;;/h1-4,11H,(H,14,15,16);;3*1H2/q;+1;;;/p-1. The average Bonchev–Trinajstić information content (AvgIpc) is 2.21. The van der Waals surface area contributed by atoms with Crippen LogP contribution in [0.2, 0.25) is 0 Å². The predicted octanol–water partition coefficient (Wildman–Crippen LogP) is -5.27. The summed E-state index contributed by atoms with van der Waals surface area (Å²) in [5.41, 5.74) is -0.572. The summed E-state index contributed by atoms with van der Waals surface area (Å²) in [6, 6.07) is 3.64. The van der Waals surface area contributed by atoms with Crippen molar-refractivity contribution in [2.24, 2.45) is 0 Å². The van der Waals surface area contributed by atoms with Gasteiger partial charge in [-0.15, -0.1) is 0 Å². The number of hydrogen-bond donors (Lipinski definition) is 1. The van der Waals surface area contributed by atoms with E-state index in [-0.39, 0.29) is 57.1 Å². The maximum absolute atomic E-state index is 11.7. The van der Waals surface area contributed by atoms with E-state index in [2.05, 4.69) is 0 Å². The fourth-order valence-electron chi connectivity index (χ4n) is 1.56. The second-order valence-corrected chi connectivity index (χ2v) is 4.70. The molecule has 7 N–H and O–H groups in total. The topological polar surface area (TPSA) is 206 Å². The molecular weight excluding hydrogens is 319 g/mol. The summed E-state index contributed by atoms with van der Waals surface area (Å²) in [5, 5.41) is 9.40. The van der Waals surface area contributed by atoms with Crippen molar-refractivity contribution in [1.82, 2.24) is 0 Å². The molecule has 21 heavy (non-hydrogen) atoms. The molecule has 1 aromatic rings. The Morgan fingerprint density at radius 3 is 2.05 bits per heavy atom. The van der Waals surface area contributed by atoms with Crippen LogP contribution < -0.4 is 29.6 Å². The molecule has 0 aliphatic heterocycles.